The summed E-state index contributed by atoms with van der Waals surface area (Å²) in [6.45, 7) is 0. The van der Waals surface area contributed by atoms with E-state index in [-0.39, 0.29) is 5.56 Å². The number of amides is 1. The molecule has 0 spiro atoms. The molecule has 134 valence electrons. The van der Waals surface area contributed by atoms with E-state index in [0.717, 1.165) is 11.4 Å². The van der Waals surface area contributed by atoms with Crippen LogP contribution in [-0.4, -0.2) is 28.0 Å². The van der Waals surface area contributed by atoms with Crippen LogP contribution in [0, 0.1) is 5.82 Å². The number of aromatic nitrogens is 3. The number of nitrogens with one attached hydrogen (secondary N) is 1. The maximum atomic E-state index is 13.7. The summed E-state index contributed by atoms with van der Waals surface area (Å²) in [7, 11) is 1.60. The minimum absolute atomic E-state index is 0.0144. The van der Waals surface area contributed by atoms with Crippen molar-refractivity contribution in [3.63, 3.8) is 0 Å². The Labute approximate surface area is 154 Å². The van der Waals surface area contributed by atoms with Crippen LogP contribution in [0.5, 0.6) is 5.75 Å². The highest BCUT2D eigenvalue weighted by Crippen LogP contribution is 2.20. The lowest BCUT2D eigenvalue weighted by Crippen LogP contribution is -2.13. The van der Waals surface area contributed by atoms with Crippen molar-refractivity contribution in [2.75, 3.05) is 12.4 Å². The normalized spacial score (nSPS) is 10.7. The summed E-state index contributed by atoms with van der Waals surface area (Å²) in [5, 5.41) is 11.5. The summed E-state index contributed by atoms with van der Waals surface area (Å²) in [5.74, 6) is -0.342. The fourth-order valence-corrected chi connectivity index (χ4v) is 2.67. The molecule has 1 aromatic heterocycles. The lowest BCUT2D eigenvalue weighted by molar-refractivity contribution is 0.102. The molecule has 1 amide bonds. The van der Waals surface area contributed by atoms with E-state index < -0.39 is 11.7 Å². The molecule has 1 heterocycles. The summed E-state index contributed by atoms with van der Waals surface area (Å²) in [4.78, 5) is 13.8. The van der Waals surface area contributed by atoms with Gasteiger partial charge in [-0.3, -0.25) is 4.79 Å². The predicted octanol–water partition coefficient (Wildman–Crippen LogP) is 3.82. The number of anilines is 1. The van der Waals surface area contributed by atoms with E-state index in [4.69, 9.17) is 4.74 Å². The number of carbonyl (C=O) groups is 1. The van der Waals surface area contributed by atoms with Gasteiger partial charge < -0.3 is 10.1 Å². The van der Waals surface area contributed by atoms with Crippen LogP contribution in [0.1, 0.15) is 10.4 Å². The highest BCUT2D eigenvalue weighted by molar-refractivity contribution is 6.05. The average Bonchev–Trinajstić information content (AvgIpc) is 3.11. The Morgan fingerprint density at radius 3 is 2.48 bits per heavy atom. The number of ether oxygens (including phenoxy) is 1. The molecule has 7 heteroatoms. The van der Waals surface area contributed by atoms with Crippen molar-refractivity contribution in [3.05, 3.63) is 78.1 Å². The van der Waals surface area contributed by atoms with Gasteiger partial charge in [0.1, 0.15) is 22.6 Å². The molecular formula is C20H15FN4O2. The molecule has 0 aliphatic rings. The molecule has 0 bridgehead atoms. The second-order valence-electron chi connectivity index (χ2n) is 5.82. The van der Waals surface area contributed by atoms with E-state index >= 15 is 0 Å². The first-order chi connectivity index (χ1) is 13.1. The van der Waals surface area contributed by atoms with Gasteiger partial charge in [-0.2, -0.15) is 4.80 Å². The SMILES string of the molecule is COc1ccc(-n2nc3ccc(NC(=O)c4ccccc4F)cc3n2)cc1. The number of hydrogen-bond acceptors (Lipinski definition) is 4. The van der Waals surface area contributed by atoms with Gasteiger partial charge in [0.2, 0.25) is 0 Å². The van der Waals surface area contributed by atoms with Gasteiger partial charge in [0.25, 0.3) is 5.91 Å². The van der Waals surface area contributed by atoms with Gasteiger partial charge in [-0.05, 0) is 54.6 Å². The van der Waals surface area contributed by atoms with E-state index in [9.17, 15) is 9.18 Å². The fourth-order valence-electron chi connectivity index (χ4n) is 2.67. The first kappa shape index (κ1) is 16.7. The van der Waals surface area contributed by atoms with E-state index in [1.54, 1.807) is 31.4 Å². The van der Waals surface area contributed by atoms with Crippen LogP contribution in [0.4, 0.5) is 10.1 Å². The smallest absolute Gasteiger partial charge is 0.258 e. The molecule has 1 N–H and O–H groups in total. The third kappa shape index (κ3) is 3.35. The minimum atomic E-state index is -0.568. The maximum Gasteiger partial charge on any atom is 0.258 e. The fraction of sp³-hybridized carbons (Fsp3) is 0.0500. The van der Waals surface area contributed by atoms with Crippen molar-refractivity contribution in [2.24, 2.45) is 0 Å². The molecule has 6 nitrogen and oxygen atoms in total. The van der Waals surface area contributed by atoms with Crippen molar-refractivity contribution < 1.29 is 13.9 Å². The van der Waals surface area contributed by atoms with Crippen LogP contribution in [0.2, 0.25) is 0 Å². The molecule has 3 aromatic carbocycles. The van der Waals surface area contributed by atoms with Crippen LogP contribution < -0.4 is 10.1 Å². The molecule has 0 fully saturated rings. The Bertz CT molecular complexity index is 1120. The Morgan fingerprint density at radius 1 is 1.00 bits per heavy atom. The highest BCUT2D eigenvalue weighted by Gasteiger charge is 2.12. The van der Waals surface area contributed by atoms with Crippen LogP contribution in [0.3, 0.4) is 0 Å². The van der Waals surface area contributed by atoms with Crippen molar-refractivity contribution in [1.82, 2.24) is 15.0 Å². The van der Waals surface area contributed by atoms with Crippen LogP contribution in [-0.2, 0) is 0 Å². The molecule has 0 unspecified atom stereocenters. The summed E-state index contributed by atoms with van der Waals surface area (Å²) >= 11 is 0. The Kier molecular flexibility index (Phi) is 4.25. The standard InChI is InChI=1S/C20H15FN4O2/c1-27-15-9-7-14(8-10-15)25-23-18-11-6-13(12-19(18)24-25)22-20(26)16-4-2-3-5-17(16)21/h2-12H,1H3,(H,22,26). The maximum absolute atomic E-state index is 13.7. The van der Waals surface area contributed by atoms with E-state index in [1.807, 2.05) is 24.3 Å². The zero-order valence-corrected chi connectivity index (χ0v) is 14.4. The second-order valence-corrected chi connectivity index (χ2v) is 5.82. The van der Waals surface area contributed by atoms with Crippen molar-refractivity contribution in [3.8, 4) is 11.4 Å². The van der Waals surface area contributed by atoms with Gasteiger partial charge in [0.15, 0.2) is 0 Å². The average molecular weight is 362 g/mol. The van der Waals surface area contributed by atoms with Crippen molar-refractivity contribution in [1.29, 1.82) is 0 Å². The molecule has 4 rings (SSSR count). The number of methoxy groups -OCH3 is 1. The largest absolute Gasteiger partial charge is 0.497 e. The second kappa shape index (κ2) is 6.87. The molecule has 0 saturated heterocycles. The summed E-state index contributed by atoms with van der Waals surface area (Å²) in [5.41, 5.74) is 2.56. The first-order valence-corrected chi connectivity index (χ1v) is 8.21. The third-order valence-electron chi connectivity index (χ3n) is 4.06. The third-order valence-corrected chi connectivity index (χ3v) is 4.06. The molecular weight excluding hydrogens is 347 g/mol. The molecule has 0 atom stereocenters. The lowest BCUT2D eigenvalue weighted by Gasteiger charge is -2.05. The van der Waals surface area contributed by atoms with E-state index in [0.29, 0.717) is 16.7 Å². The zero-order valence-electron chi connectivity index (χ0n) is 14.4. The Morgan fingerprint density at radius 2 is 1.74 bits per heavy atom. The van der Waals surface area contributed by atoms with Crippen molar-refractivity contribution >= 4 is 22.6 Å². The number of benzene rings is 3. The molecule has 27 heavy (non-hydrogen) atoms. The highest BCUT2D eigenvalue weighted by atomic mass is 19.1. The Hall–Kier alpha value is -3.74. The van der Waals surface area contributed by atoms with E-state index in [1.165, 1.54) is 23.0 Å². The van der Waals surface area contributed by atoms with Crippen molar-refractivity contribution in [2.45, 2.75) is 0 Å². The Balaban J connectivity index is 1.60. The quantitative estimate of drug-likeness (QED) is 0.599. The first-order valence-electron chi connectivity index (χ1n) is 8.21. The van der Waals surface area contributed by atoms with Gasteiger partial charge >= 0.3 is 0 Å². The summed E-state index contributed by atoms with van der Waals surface area (Å²) in [6, 6.07) is 18.3. The van der Waals surface area contributed by atoms with E-state index in [2.05, 4.69) is 15.5 Å². The van der Waals surface area contributed by atoms with Crippen LogP contribution in [0.15, 0.2) is 66.7 Å². The number of halogens is 1. The van der Waals surface area contributed by atoms with Gasteiger partial charge in [-0.25, -0.2) is 4.39 Å². The van der Waals surface area contributed by atoms with Crippen LogP contribution >= 0.6 is 0 Å². The van der Waals surface area contributed by atoms with Gasteiger partial charge in [-0.15, -0.1) is 10.2 Å². The monoisotopic (exact) mass is 362 g/mol. The molecule has 0 aliphatic heterocycles. The molecule has 0 radical (unpaired) electrons. The number of fused-ring (bicyclic) bond motifs is 1. The summed E-state index contributed by atoms with van der Waals surface area (Å²) in [6.07, 6.45) is 0. The van der Waals surface area contributed by atoms with Gasteiger partial charge in [-0.1, -0.05) is 12.1 Å². The predicted molar refractivity (Wildman–Crippen MR) is 99.8 cm³/mol. The zero-order chi connectivity index (χ0) is 18.8. The molecule has 0 aliphatic carbocycles. The number of hydrogen-bond donors (Lipinski definition) is 1. The lowest BCUT2D eigenvalue weighted by atomic mass is 10.2. The van der Waals surface area contributed by atoms with Gasteiger partial charge in [0.05, 0.1) is 18.4 Å². The molecule has 0 saturated carbocycles. The van der Waals surface area contributed by atoms with Crippen LogP contribution in [0.25, 0.3) is 16.7 Å². The summed E-state index contributed by atoms with van der Waals surface area (Å²) < 4.78 is 18.9. The number of carbonyl (C=O) groups excluding carboxylic acids is 1. The topological polar surface area (TPSA) is 69.0 Å². The van der Waals surface area contributed by atoms with Gasteiger partial charge in [0, 0.05) is 5.69 Å². The minimum Gasteiger partial charge on any atom is -0.497 e. The number of rotatable bonds is 4. The molecule has 4 aromatic rings. The number of nitrogens with zero attached hydrogens (tertiary/aromatic N) is 3.